The zero-order chi connectivity index (χ0) is 20.1. The Kier molecular flexibility index (Phi) is 9.83. The van der Waals surface area contributed by atoms with Crippen LogP contribution in [0, 0.1) is 5.92 Å². The molecule has 0 aromatic heterocycles. The van der Waals surface area contributed by atoms with Crippen molar-refractivity contribution in [2.24, 2.45) is 5.92 Å². The predicted molar refractivity (Wildman–Crippen MR) is 133 cm³/mol. The highest BCUT2D eigenvalue weighted by Gasteiger charge is 2.35. The van der Waals surface area contributed by atoms with E-state index in [4.69, 9.17) is 0 Å². The minimum absolute atomic E-state index is 0. The molecule has 0 radical (unpaired) electrons. The summed E-state index contributed by atoms with van der Waals surface area (Å²) in [6, 6.07) is 18.9. The van der Waals surface area contributed by atoms with Crippen LogP contribution >= 0.6 is 24.8 Å². The smallest absolute Gasteiger partial charge is 0.251 e. The molecule has 0 spiro atoms. The fourth-order valence-corrected chi connectivity index (χ4v) is 4.82. The third-order valence-corrected chi connectivity index (χ3v) is 6.79. The van der Waals surface area contributed by atoms with Crippen LogP contribution in [0.4, 0.5) is 0 Å². The summed E-state index contributed by atoms with van der Waals surface area (Å²) in [5, 5.41) is 6.70. The standard InChI is InChI=1S/C25H33N3O.2ClH/c1-28-14-11-25(12-15-28,23-8-3-2-4-9-23)19-27-24(29)22-7-5-6-20(17-22)16-21-10-13-26-18-21;;/h2-9,17,21,26H,10-16,18-19H2,1H3,(H,27,29);2*1H. The normalized spacial score (nSPS) is 20.4. The number of amides is 1. The highest BCUT2D eigenvalue weighted by atomic mass is 35.5. The van der Waals surface area contributed by atoms with Crippen LogP contribution in [0.25, 0.3) is 0 Å². The van der Waals surface area contributed by atoms with Crippen LogP contribution in [0.2, 0.25) is 0 Å². The van der Waals surface area contributed by atoms with Gasteiger partial charge in [-0.1, -0.05) is 42.5 Å². The molecule has 4 rings (SSSR count). The van der Waals surface area contributed by atoms with Gasteiger partial charge in [0.2, 0.25) is 0 Å². The fourth-order valence-electron chi connectivity index (χ4n) is 4.82. The minimum Gasteiger partial charge on any atom is -0.351 e. The molecule has 4 nitrogen and oxygen atoms in total. The molecule has 1 amide bonds. The molecule has 2 heterocycles. The van der Waals surface area contributed by atoms with Gasteiger partial charge in [0.1, 0.15) is 0 Å². The van der Waals surface area contributed by atoms with Crippen LogP contribution in [0.1, 0.15) is 40.7 Å². The summed E-state index contributed by atoms with van der Waals surface area (Å²) < 4.78 is 0. The average molecular weight is 464 g/mol. The maximum absolute atomic E-state index is 13.0. The first-order valence-electron chi connectivity index (χ1n) is 11.0. The summed E-state index contributed by atoms with van der Waals surface area (Å²) in [5.74, 6) is 0.736. The number of carbonyl (C=O) groups excluding carboxylic acids is 1. The maximum atomic E-state index is 13.0. The van der Waals surface area contributed by atoms with Crippen molar-refractivity contribution in [3.05, 3.63) is 71.3 Å². The van der Waals surface area contributed by atoms with Gasteiger partial charge < -0.3 is 15.5 Å². The molecule has 2 aromatic carbocycles. The number of carbonyl (C=O) groups is 1. The van der Waals surface area contributed by atoms with E-state index in [9.17, 15) is 4.79 Å². The number of hydrogen-bond donors (Lipinski definition) is 2. The molecule has 31 heavy (non-hydrogen) atoms. The fraction of sp³-hybridized carbons (Fsp3) is 0.480. The number of likely N-dealkylation sites (tertiary alicyclic amines) is 1. The number of halogens is 2. The van der Waals surface area contributed by atoms with Crippen molar-refractivity contribution >= 4 is 30.7 Å². The lowest BCUT2D eigenvalue weighted by Crippen LogP contribution is -2.48. The summed E-state index contributed by atoms with van der Waals surface area (Å²) in [6.07, 6.45) is 4.42. The lowest BCUT2D eigenvalue weighted by molar-refractivity contribution is 0.0927. The molecular formula is C25H35Cl2N3O. The van der Waals surface area contributed by atoms with Crippen LogP contribution in [0.5, 0.6) is 0 Å². The largest absolute Gasteiger partial charge is 0.351 e. The quantitative estimate of drug-likeness (QED) is 0.678. The SMILES string of the molecule is CN1CCC(CNC(=O)c2cccc(CC3CCNC3)c2)(c2ccccc2)CC1.Cl.Cl. The zero-order valence-electron chi connectivity index (χ0n) is 18.3. The molecule has 2 fully saturated rings. The molecule has 6 heteroatoms. The van der Waals surface area contributed by atoms with Crippen LogP contribution in [0.3, 0.4) is 0 Å². The van der Waals surface area contributed by atoms with E-state index in [-0.39, 0.29) is 36.1 Å². The number of hydrogen-bond acceptors (Lipinski definition) is 3. The molecule has 2 N–H and O–H groups in total. The second-order valence-corrected chi connectivity index (χ2v) is 8.90. The average Bonchev–Trinajstić information content (AvgIpc) is 3.27. The Bertz CT molecular complexity index is 817. The van der Waals surface area contributed by atoms with E-state index in [0.717, 1.165) is 51.0 Å². The predicted octanol–water partition coefficient (Wildman–Crippen LogP) is 4.08. The van der Waals surface area contributed by atoms with Crippen molar-refractivity contribution in [3.63, 3.8) is 0 Å². The number of piperidine rings is 1. The molecule has 0 aliphatic carbocycles. The summed E-state index contributed by atoms with van der Waals surface area (Å²) in [5.41, 5.74) is 3.42. The second-order valence-electron chi connectivity index (χ2n) is 8.90. The van der Waals surface area contributed by atoms with E-state index >= 15 is 0 Å². The summed E-state index contributed by atoms with van der Waals surface area (Å²) in [6.45, 7) is 5.03. The molecule has 1 atom stereocenters. The lowest BCUT2D eigenvalue weighted by atomic mass is 9.72. The molecule has 2 saturated heterocycles. The Morgan fingerprint density at radius 3 is 2.52 bits per heavy atom. The Labute approximate surface area is 199 Å². The number of rotatable bonds is 6. The van der Waals surface area contributed by atoms with Gasteiger partial charge in [-0.3, -0.25) is 4.79 Å². The first-order chi connectivity index (χ1) is 14.1. The van der Waals surface area contributed by atoms with E-state index in [1.807, 2.05) is 12.1 Å². The van der Waals surface area contributed by atoms with Crippen LogP contribution in [0.15, 0.2) is 54.6 Å². The number of nitrogens with one attached hydrogen (secondary N) is 2. The summed E-state index contributed by atoms with van der Waals surface area (Å²) in [7, 11) is 2.18. The van der Waals surface area contributed by atoms with Crippen LogP contribution in [-0.4, -0.2) is 50.6 Å². The Morgan fingerprint density at radius 1 is 1.10 bits per heavy atom. The third-order valence-electron chi connectivity index (χ3n) is 6.79. The highest BCUT2D eigenvalue weighted by molar-refractivity contribution is 5.94. The van der Waals surface area contributed by atoms with Gasteiger partial charge in [0.05, 0.1) is 0 Å². The van der Waals surface area contributed by atoms with Crippen molar-refractivity contribution in [2.45, 2.75) is 31.1 Å². The molecule has 2 aliphatic heterocycles. The molecular weight excluding hydrogens is 429 g/mol. The van der Waals surface area contributed by atoms with Gasteiger partial charge in [0.25, 0.3) is 5.91 Å². The minimum atomic E-state index is 0. The van der Waals surface area contributed by atoms with E-state index in [1.54, 1.807) is 0 Å². The molecule has 1 unspecified atom stereocenters. The first-order valence-corrected chi connectivity index (χ1v) is 11.0. The van der Waals surface area contributed by atoms with Gasteiger partial charge in [-0.15, -0.1) is 24.8 Å². The second kappa shape index (κ2) is 11.9. The topological polar surface area (TPSA) is 44.4 Å². The Hall–Kier alpha value is -1.59. The Balaban J connectivity index is 0.00000171. The molecule has 170 valence electrons. The van der Waals surface area contributed by atoms with Gasteiger partial charge in [-0.25, -0.2) is 0 Å². The van der Waals surface area contributed by atoms with Gasteiger partial charge in [-0.05, 0) is 88.1 Å². The van der Waals surface area contributed by atoms with Gasteiger partial charge in [0, 0.05) is 17.5 Å². The zero-order valence-corrected chi connectivity index (χ0v) is 19.9. The van der Waals surface area contributed by atoms with Crippen molar-refractivity contribution in [1.29, 1.82) is 0 Å². The molecule has 0 saturated carbocycles. The molecule has 2 aromatic rings. The van der Waals surface area contributed by atoms with E-state index < -0.39 is 0 Å². The summed E-state index contributed by atoms with van der Waals surface area (Å²) in [4.78, 5) is 15.4. The van der Waals surface area contributed by atoms with Crippen molar-refractivity contribution < 1.29 is 4.79 Å². The molecule has 2 aliphatic rings. The summed E-state index contributed by atoms with van der Waals surface area (Å²) >= 11 is 0. The van der Waals surface area contributed by atoms with Crippen molar-refractivity contribution in [3.8, 4) is 0 Å². The highest BCUT2D eigenvalue weighted by Crippen LogP contribution is 2.34. The third kappa shape index (κ3) is 6.45. The van der Waals surface area contributed by atoms with E-state index in [1.165, 1.54) is 17.5 Å². The number of nitrogens with zero attached hydrogens (tertiary/aromatic N) is 1. The van der Waals surface area contributed by atoms with Crippen LogP contribution < -0.4 is 10.6 Å². The van der Waals surface area contributed by atoms with Gasteiger partial charge in [0.15, 0.2) is 0 Å². The maximum Gasteiger partial charge on any atom is 0.251 e. The van der Waals surface area contributed by atoms with E-state index in [2.05, 4.69) is 65.0 Å². The monoisotopic (exact) mass is 463 g/mol. The van der Waals surface area contributed by atoms with Gasteiger partial charge >= 0.3 is 0 Å². The first kappa shape index (κ1) is 25.7. The van der Waals surface area contributed by atoms with Crippen molar-refractivity contribution in [2.75, 3.05) is 39.8 Å². The Morgan fingerprint density at radius 2 is 1.84 bits per heavy atom. The van der Waals surface area contributed by atoms with E-state index in [0.29, 0.717) is 12.5 Å². The van der Waals surface area contributed by atoms with Crippen LogP contribution in [-0.2, 0) is 11.8 Å². The van der Waals surface area contributed by atoms with Crippen molar-refractivity contribution in [1.82, 2.24) is 15.5 Å². The number of benzene rings is 2. The lowest BCUT2D eigenvalue weighted by Gasteiger charge is -2.41. The van der Waals surface area contributed by atoms with Gasteiger partial charge in [-0.2, -0.15) is 0 Å². The molecule has 0 bridgehead atoms.